The SMILES string of the molecule is Cc1cc(NC(=O)C(NC(=O)Cc2ccccc2)C(C)C)ccn1. The van der Waals surface area contributed by atoms with Crippen LogP contribution < -0.4 is 10.6 Å². The molecule has 0 aliphatic carbocycles. The molecule has 5 nitrogen and oxygen atoms in total. The Kier molecular flexibility index (Phi) is 6.07. The number of carbonyl (C=O) groups excluding carboxylic acids is 2. The second-order valence-corrected chi connectivity index (χ2v) is 6.13. The molecule has 0 bridgehead atoms. The van der Waals surface area contributed by atoms with Crippen LogP contribution in [0.2, 0.25) is 0 Å². The molecule has 0 saturated carbocycles. The molecule has 1 heterocycles. The number of anilines is 1. The molecule has 1 aromatic carbocycles. The average molecular weight is 325 g/mol. The summed E-state index contributed by atoms with van der Waals surface area (Å²) in [6, 6.07) is 12.4. The molecular formula is C19H23N3O2. The largest absolute Gasteiger partial charge is 0.344 e. The van der Waals surface area contributed by atoms with Crippen molar-refractivity contribution in [3.05, 3.63) is 59.9 Å². The topological polar surface area (TPSA) is 71.1 Å². The molecular weight excluding hydrogens is 302 g/mol. The molecule has 2 amide bonds. The van der Waals surface area contributed by atoms with Gasteiger partial charge in [-0.2, -0.15) is 0 Å². The molecule has 0 saturated heterocycles. The van der Waals surface area contributed by atoms with Crippen LogP contribution in [0.15, 0.2) is 48.7 Å². The fourth-order valence-electron chi connectivity index (χ4n) is 2.38. The minimum absolute atomic E-state index is 0.0207. The molecule has 24 heavy (non-hydrogen) atoms. The Morgan fingerprint density at radius 2 is 1.83 bits per heavy atom. The summed E-state index contributed by atoms with van der Waals surface area (Å²) in [5.41, 5.74) is 2.42. The Morgan fingerprint density at radius 1 is 1.12 bits per heavy atom. The highest BCUT2D eigenvalue weighted by Crippen LogP contribution is 2.11. The highest BCUT2D eigenvalue weighted by molar-refractivity contribution is 5.97. The summed E-state index contributed by atoms with van der Waals surface area (Å²) in [5, 5.41) is 5.67. The van der Waals surface area contributed by atoms with Crippen molar-refractivity contribution < 1.29 is 9.59 Å². The minimum atomic E-state index is -0.588. The van der Waals surface area contributed by atoms with Crippen LogP contribution in [-0.2, 0) is 16.0 Å². The van der Waals surface area contributed by atoms with Crippen LogP contribution in [0.1, 0.15) is 25.1 Å². The number of rotatable bonds is 6. The Morgan fingerprint density at radius 3 is 2.46 bits per heavy atom. The third-order valence-corrected chi connectivity index (χ3v) is 3.64. The number of carbonyl (C=O) groups is 2. The number of nitrogens with zero attached hydrogens (tertiary/aromatic N) is 1. The lowest BCUT2D eigenvalue weighted by atomic mass is 10.0. The molecule has 2 rings (SSSR count). The molecule has 1 unspecified atom stereocenters. The van der Waals surface area contributed by atoms with E-state index in [0.29, 0.717) is 5.69 Å². The van der Waals surface area contributed by atoms with E-state index >= 15 is 0 Å². The van der Waals surface area contributed by atoms with Crippen LogP contribution in [0.3, 0.4) is 0 Å². The zero-order chi connectivity index (χ0) is 17.5. The van der Waals surface area contributed by atoms with Crippen molar-refractivity contribution in [2.75, 3.05) is 5.32 Å². The van der Waals surface area contributed by atoms with E-state index in [-0.39, 0.29) is 24.2 Å². The molecule has 0 aliphatic heterocycles. The first-order valence-electron chi connectivity index (χ1n) is 8.02. The first kappa shape index (κ1) is 17.7. The summed E-state index contributed by atoms with van der Waals surface area (Å²) >= 11 is 0. The van der Waals surface area contributed by atoms with E-state index in [1.165, 1.54) is 0 Å². The van der Waals surface area contributed by atoms with Crippen LogP contribution >= 0.6 is 0 Å². The van der Waals surface area contributed by atoms with Gasteiger partial charge in [0.05, 0.1) is 6.42 Å². The molecule has 5 heteroatoms. The Bertz CT molecular complexity index is 699. The van der Waals surface area contributed by atoms with Crippen molar-refractivity contribution in [3.8, 4) is 0 Å². The number of hydrogen-bond donors (Lipinski definition) is 2. The van der Waals surface area contributed by atoms with E-state index in [4.69, 9.17) is 0 Å². The lowest BCUT2D eigenvalue weighted by Crippen LogP contribution is -2.47. The molecule has 0 fully saturated rings. The van der Waals surface area contributed by atoms with Gasteiger partial charge in [0.15, 0.2) is 0 Å². The number of amides is 2. The monoisotopic (exact) mass is 325 g/mol. The van der Waals surface area contributed by atoms with Crippen LogP contribution in [0.5, 0.6) is 0 Å². The Balaban J connectivity index is 2.00. The van der Waals surface area contributed by atoms with Gasteiger partial charge in [0.1, 0.15) is 6.04 Å². The number of hydrogen-bond acceptors (Lipinski definition) is 3. The van der Waals surface area contributed by atoms with E-state index in [9.17, 15) is 9.59 Å². The van der Waals surface area contributed by atoms with Crippen LogP contribution in [-0.4, -0.2) is 22.8 Å². The third kappa shape index (κ3) is 5.19. The summed E-state index contributed by atoms with van der Waals surface area (Å²) < 4.78 is 0. The predicted octanol–water partition coefficient (Wildman–Crippen LogP) is 2.71. The van der Waals surface area contributed by atoms with Gasteiger partial charge in [-0.1, -0.05) is 44.2 Å². The molecule has 126 valence electrons. The van der Waals surface area contributed by atoms with Crippen LogP contribution in [0.25, 0.3) is 0 Å². The minimum Gasteiger partial charge on any atom is -0.344 e. The van der Waals surface area contributed by atoms with Crippen molar-refractivity contribution in [1.82, 2.24) is 10.3 Å². The van der Waals surface area contributed by atoms with E-state index < -0.39 is 6.04 Å². The Hall–Kier alpha value is -2.69. The van der Waals surface area contributed by atoms with E-state index in [0.717, 1.165) is 11.3 Å². The van der Waals surface area contributed by atoms with Gasteiger partial charge in [-0.3, -0.25) is 14.6 Å². The summed E-state index contributed by atoms with van der Waals surface area (Å²) in [6.45, 7) is 5.67. The molecule has 0 aliphatic rings. The summed E-state index contributed by atoms with van der Waals surface area (Å²) in [4.78, 5) is 28.8. The molecule has 1 aromatic heterocycles. The smallest absolute Gasteiger partial charge is 0.247 e. The fraction of sp³-hybridized carbons (Fsp3) is 0.316. The number of benzene rings is 1. The second-order valence-electron chi connectivity index (χ2n) is 6.13. The second kappa shape index (κ2) is 8.24. The zero-order valence-corrected chi connectivity index (χ0v) is 14.2. The fourth-order valence-corrected chi connectivity index (χ4v) is 2.38. The predicted molar refractivity (Wildman–Crippen MR) is 94.5 cm³/mol. The van der Waals surface area contributed by atoms with Crippen molar-refractivity contribution >= 4 is 17.5 Å². The maximum Gasteiger partial charge on any atom is 0.247 e. The highest BCUT2D eigenvalue weighted by Gasteiger charge is 2.24. The molecule has 0 radical (unpaired) electrons. The first-order valence-corrected chi connectivity index (χ1v) is 8.02. The van der Waals surface area contributed by atoms with Crippen molar-refractivity contribution in [3.63, 3.8) is 0 Å². The molecule has 0 spiro atoms. The number of aromatic nitrogens is 1. The van der Waals surface area contributed by atoms with Gasteiger partial charge in [-0.05, 0) is 30.5 Å². The summed E-state index contributed by atoms with van der Waals surface area (Å²) in [7, 11) is 0. The van der Waals surface area contributed by atoms with Crippen molar-refractivity contribution in [2.45, 2.75) is 33.2 Å². The Labute approximate surface area is 142 Å². The van der Waals surface area contributed by atoms with Gasteiger partial charge in [-0.25, -0.2) is 0 Å². The molecule has 1 atom stereocenters. The normalized spacial score (nSPS) is 11.8. The lowest BCUT2D eigenvalue weighted by molar-refractivity contribution is -0.127. The first-order chi connectivity index (χ1) is 11.5. The quantitative estimate of drug-likeness (QED) is 0.858. The summed E-state index contributed by atoms with van der Waals surface area (Å²) in [6.07, 6.45) is 1.90. The van der Waals surface area contributed by atoms with E-state index in [1.54, 1.807) is 18.3 Å². The van der Waals surface area contributed by atoms with Gasteiger partial charge < -0.3 is 10.6 Å². The zero-order valence-electron chi connectivity index (χ0n) is 14.2. The molecule has 2 N–H and O–H groups in total. The standard InChI is InChI=1S/C19H23N3O2/c1-13(2)18(19(24)21-16-9-10-20-14(3)11-16)22-17(23)12-15-7-5-4-6-8-15/h4-11,13,18H,12H2,1-3H3,(H,22,23)(H,20,21,24). The maximum atomic E-state index is 12.5. The van der Waals surface area contributed by atoms with Crippen molar-refractivity contribution in [1.29, 1.82) is 0 Å². The van der Waals surface area contributed by atoms with Gasteiger partial charge in [0.2, 0.25) is 11.8 Å². The highest BCUT2D eigenvalue weighted by atomic mass is 16.2. The van der Waals surface area contributed by atoms with Gasteiger partial charge in [0, 0.05) is 17.6 Å². The van der Waals surface area contributed by atoms with Gasteiger partial charge in [0.25, 0.3) is 0 Å². The lowest BCUT2D eigenvalue weighted by Gasteiger charge is -2.22. The van der Waals surface area contributed by atoms with Crippen LogP contribution in [0, 0.1) is 12.8 Å². The number of aryl methyl sites for hydroxylation is 1. The van der Waals surface area contributed by atoms with Gasteiger partial charge >= 0.3 is 0 Å². The van der Waals surface area contributed by atoms with Crippen molar-refractivity contribution in [2.24, 2.45) is 5.92 Å². The number of nitrogens with one attached hydrogen (secondary N) is 2. The third-order valence-electron chi connectivity index (χ3n) is 3.64. The molecule has 2 aromatic rings. The maximum absolute atomic E-state index is 12.5. The van der Waals surface area contributed by atoms with Gasteiger partial charge in [-0.15, -0.1) is 0 Å². The number of pyridine rings is 1. The average Bonchev–Trinajstić information content (AvgIpc) is 2.53. The van der Waals surface area contributed by atoms with E-state index in [2.05, 4.69) is 15.6 Å². The van der Waals surface area contributed by atoms with E-state index in [1.807, 2.05) is 51.1 Å². The summed E-state index contributed by atoms with van der Waals surface area (Å²) in [5.74, 6) is -0.411. The van der Waals surface area contributed by atoms with Crippen LogP contribution in [0.4, 0.5) is 5.69 Å².